The first-order chi connectivity index (χ1) is 10.0. The summed E-state index contributed by atoms with van der Waals surface area (Å²) in [6, 6.07) is 10.9. The summed E-state index contributed by atoms with van der Waals surface area (Å²) in [5.74, 6) is -1.28. The number of carbonyl (C=O) groups excluding carboxylic acids is 1. The number of rotatable bonds is 3. The molecule has 2 rings (SSSR count). The van der Waals surface area contributed by atoms with E-state index in [9.17, 15) is 9.18 Å². The largest absolute Gasteiger partial charge is 0.457 e. The average molecular weight is 284 g/mol. The highest BCUT2D eigenvalue weighted by molar-refractivity contribution is 5.89. The van der Waals surface area contributed by atoms with Gasteiger partial charge in [0.2, 0.25) is 0 Å². The molecule has 0 aliphatic rings. The Morgan fingerprint density at radius 3 is 2.71 bits per heavy atom. The van der Waals surface area contributed by atoms with Gasteiger partial charge in [0, 0.05) is 0 Å². The SMILES string of the molecule is Cc1cc(C#N)ccc1COC(=O)c1ccc(N)c(F)c1. The molecule has 0 bridgehead atoms. The minimum atomic E-state index is -0.654. The van der Waals surface area contributed by atoms with Crippen LogP contribution in [-0.2, 0) is 11.3 Å². The average Bonchev–Trinajstić information content (AvgIpc) is 2.48. The number of halogens is 1. The Hall–Kier alpha value is -2.87. The summed E-state index contributed by atoms with van der Waals surface area (Å²) in [6.07, 6.45) is 0. The van der Waals surface area contributed by atoms with Crippen LogP contribution in [0.3, 0.4) is 0 Å². The number of hydrogen-bond donors (Lipinski definition) is 1. The highest BCUT2D eigenvalue weighted by atomic mass is 19.1. The Bertz CT molecular complexity index is 736. The maximum atomic E-state index is 13.3. The molecule has 0 unspecified atom stereocenters. The minimum absolute atomic E-state index is 0.0190. The van der Waals surface area contributed by atoms with Gasteiger partial charge in [0.25, 0.3) is 0 Å². The molecule has 0 heterocycles. The number of hydrogen-bond acceptors (Lipinski definition) is 4. The van der Waals surface area contributed by atoms with Crippen LogP contribution in [0.1, 0.15) is 27.0 Å². The van der Waals surface area contributed by atoms with E-state index in [1.165, 1.54) is 12.1 Å². The number of nitrogens with zero attached hydrogens (tertiary/aromatic N) is 1. The zero-order chi connectivity index (χ0) is 15.4. The molecule has 106 valence electrons. The topological polar surface area (TPSA) is 76.1 Å². The van der Waals surface area contributed by atoms with Gasteiger partial charge in [0.1, 0.15) is 12.4 Å². The molecule has 5 heteroatoms. The van der Waals surface area contributed by atoms with Gasteiger partial charge >= 0.3 is 5.97 Å². The maximum absolute atomic E-state index is 13.3. The molecule has 2 aromatic carbocycles. The van der Waals surface area contributed by atoms with E-state index in [2.05, 4.69) is 0 Å². The lowest BCUT2D eigenvalue weighted by Gasteiger charge is -2.08. The zero-order valence-electron chi connectivity index (χ0n) is 11.4. The highest BCUT2D eigenvalue weighted by Gasteiger charge is 2.11. The van der Waals surface area contributed by atoms with Crippen molar-refractivity contribution in [1.82, 2.24) is 0 Å². The Balaban J connectivity index is 2.07. The third-order valence-electron chi connectivity index (χ3n) is 3.07. The number of nitrogens with two attached hydrogens (primary N) is 1. The van der Waals surface area contributed by atoms with E-state index >= 15 is 0 Å². The third kappa shape index (κ3) is 3.37. The first-order valence-corrected chi connectivity index (χ1v) is 6.23. The minimum Gasteiger partial charge on any atom is -0.457 e. The molecule has 0 fully saturated rings. The smallest absolute Gasteiger partial charge is 0.338 e. The Morgan fingerprint density at radius 1 is 1.33 bits per heavy atom. The van der Waals surface area contributed by atoms with Crippen LogP contribution in [0.15, 0.2) is 36.4 Å². The summed E-state index contributed by atoms with van der Waals surface area (Å²) in [5, 5.41) is 8.79. The highest BCUT2D eigenvalue weighted by Crippen LogP contribution is 2.15. The Morgan fingerprint density at radius 2 is 2.10 bits per heavy atom. The van der Waals surface area contributed by atoms with Crippen molar-refractivity contribution in [3.63, 3.8) is 0 Å². The number of benzene rings is 2. The van der Waals surface area contributed by atoms with Gasteiger partial charge < -0.3 is 10.5 Å². The van der Waals surface area contributed by atoms with Crippen molar-refractivity contribution in [1.29, 1.82) is 5.26 Å². The van der Waals surface area contributed by atoms with Gasteiger partial charge in [-0.1, -0.05) is 6.07 Å². The maximum Gasteiger partial charge on any atom is 0.338 e. The van der Waals surface area contributed by atoms with Crippen LogP contribution < -0.4 is 5.73 Å². The van der Waals surface area contributed by atoms with Crippen LogP contribution in [-0.4, -0.2) is 5.97 Å². The van der Waals surface area contributed by atoms with E-state index in [0.717, 1.165) is 17.2 Å². The summed E-state index contributed by atoms with van der Waals surface area (Å²) in [6.45, 7) is 1.88. The lowest BCUT2D eigenvalue weighted by Crippen LogP contribution is -2.07. The van der Waals surface area contributed by atoms with Crippen LogP contribution in [0, 0.1) is 24.1 Å². The lowest BCUT2D eigenvalue weighted by molar-refractivity contribution is 0.0471. The van der Waals surface area contributed by atoms with Crippen molar-refractivity contribution >= 4 is 11.7 Å². The molecule has 0 radical (unpaired) electrons. The lowest BCUT2D eigenvalue weighted by atomic mass is 10.1. The molecule has 0 spiro atoms. The number of carbonyl (C=O) groups is 1. The van der Waals surface area contributed by atoms with E-state index in [4.69, 9.17) is 15.7 Å². The quantitative estimate of drug-likeness (QED) is 0.694. The molecule has 2 aromatic rings. The third-order valence-corrected chi connectivity index (χ3v) is 3.07. The Kier molecular flexibility index (Phi) is 4.19. The van der Waals surface area contributed by atoms with Gasteiger partial charge in [0.15, 0.2) is 0 Å². The van der Waals surface area contributed by atoms with Gasteiger partial charge in [-0.3, -0.25) is 0 Å². The second-order valence-corrected chi connectivity index (χ2v) is 4.57. The van der Waals surface area contributed by atoms with Gasteiger partial charge in [-0.05, 0) is 48.4 Å². The van der Waals surface area contributed by atoms with Crippen molar-refractivity contribution in [3.05, 3.63) is 64.5 Å². The van der Waals surface area contributed by atoms with Gasteiger partial charge in [-0.25, -0.2) is 9.18 Å². The standard InChI is InChI=1S/C16H13FN2O2/c1-10-6-11(8-18)2-3-13(10)9-21-16(20)12-4-5-15(19)14(17)7-12/h2-7H,9,19H2,1H3. The van der Waals surface area contributed by atoms with Gasteiger partial charge in [0.05, 0.1) is 22.9 Å². The fourth-order valence-corrected chi connectivity index (χ4v) is 1.81. The molecule has 0 aliphatic carbocycles. The number of nitrogen functional groups attached to an aromatic ring is 1. The fourth-order valence-electron chi connectivity index (χ4n) is 1.81. The van der Waals surface area contributed by atoms with Crippen LogP contribution >= 0.6 is 0 Å². The number of esters is 1. The number of aryl methyl sites for hydroxylation is 1. The van der Waals surface area contributed by atoms with Crippen molar-refractivity contribution in [2.75, 3.05) is 5.73 Å². The number of anilines is 1. The van der Waals surface area contributed by atoms with Gasteiger partial charge in [-0.2, -0.15) is 5.26 Å². The van der Waals surface area contributed by atoms with Crippen molar-refractivity contribution in [3.8, 4) is 6.07 Å². The summed E-state index contributed by atoms with van der Waals surface area (Å²) < 4.78 is 18.4. The predicted molar refractivity (Wildman–Crippen MR) is 75.8 cm³/mol. The molecule has 0 aliphatic heterocycles. The fraction of sp³-hybridized carbons (Fsp3) is 0.125. The van der Waals surface area contributed by atoms with E-state index in [-0.39, 0.29) is 17.9 Å². The van der Waals surface area contributed by atoms with Crippen LogP contribution in [0.25, 0.3) is 0 Å². The summed E-state index contributed by atoms with van der Waals surface area (Å²) in [4.78, 5) is 11.8. The van der Waals surface area contributed by atoms with Crippen LogP contribution in [0.5, 0.6) is 0 Å². The second-order valence-electron chi connectivity index (χ2n) is 4.57. The summed E-state index contributed by atoms with van der Waals surface area (Å²) in [5.41, 5.74) is 7.62. The van der Waals surface area contributed by atoms with E-state index < -0.39 is 11.8 Å². The zero-order valence-corrected chi connectivity index (χ0v) is 11.4. The van der Waals surface area contributed by atoms with Crippen molar-refractivity contribution < 1.29 is 13.9 Å². The molecule has 2 N–H and O–H groups in total. The molecule has 0 amide bonds. The van der Waals surface area contributed by atoms with Crippen molar-refractivity contribution in [2.45, 2.75) is 13.5 Å². The molecule has 0 aromatic heterocycles. The Labute approximate surface area is 121 Å². The molecule has 0 saturated heterocycles. The first-order valence-electron chi connectivity index (χ1n) is 6.23. The number of ether oxygens (including phenoxy) is 1. The molecule has 21 heavy (non-hydrogen) atoms. The monoisotopic (exact) mass is 284 g/mol. The second kappa shape index (κ2) is 6.06. The van der Waals surface area contributed by atoms with E-state index in [1.807, 2.05) is 13.0 Å². The normalized spacial score (nSPS) is 9.95. The molecular formula is C16H13FN2O2. The predicted octanol–water partition coefficient (Wildman–Crippen LogP) is 2.95. The summed E-state index contributed by atoms with van der Waals surface area (Å²) in [7, 11) is 0. The van der Waals surface area contributed by atoms with Crippen molar-refractivity contribution in [2.24, 2.45) is 0 Å². The molecule has 0 atom stereocenters. The van der Waals surface area contributed by atoms with E-state index in [1.54, 1.807) is 18.2 Å². The van der Waals surface area contributed by atoms with Crippen LogP contribution in [0.2, 0.25) is 0 Å². The van der Waals surface area contributed by atoms with E-state index in [0.29, 0.717) is 5.56 Å². The molecule has 0 saturated carbocycles. The molecular weight excluding hydrogens is 271 g/mol. The molecule has 4 nitrogen and oxygen atoms in total. The van der Waals surface area contributed by atoms with Gasteiger partial charge in [-0.15, -0.1) is 0 Å². The first kappa shape index (κ1) is 14.5. The number of nitriles is 1. The van der Waals surface area contributed by atoms with Crippen LogP contribution in [0.4, 0.5) is 10.1 Å². The summed E-state index contributed by atoms with van der Waals surface area (Å²) >= 11 is 0.